The minimum atomic E-state index is 1.10. The van der Waals surface area contributed by atoms with Crippen LogP contribution >= 0.6 is 11.3 Å². The van der Waals surface area contributed by atoms with Gasteiger partial charge >= 0.3 is 0 Å². The molecule has 10 rings (SSSR count). The molecule has 10 aromatic rings. The van der Waals surface area contributed by atoms with Gasteiger partial charge in [-0.25, -0.2) is 0 Å². The second kappa shape index (κ2) is 13.7. The second-order valence-electron chi connectivity index (χ2n) is 13.7. The molecule has 0 aliphatic carbocycles. The third-order valence-electron chi connectivity index (χ3n) is 10.5. The van der Waals surface area contributed by atoms with Gasteiger partial charge in [0.15, 0.2) is 0 Å². The molecule has 0 N–H and O–H groups in total. The van der Waals surface area contributed by atoms with Crippen molar-refractivity contribution in [3.05, 3.63) is 212 Å². The average Bonchev–Trinajstić information content (AvgIpc) is 3.63. The fourth-order valence-corrected chi connectivity index (χ4v) is 9.04. The van der Waals surface area contributed by atoms with Gasteiger partial charge in [-0.1, -0.05) is 170 Å². The maximum atomic E-state index is 2.43. The van der Waals surface area contributed by atoms with Gasteiger partial charge in [0, 0.05) is 37.0 Å². The SMILES string of the molecule is c1ccc(-c2ccccc2N(c2ccc(-c3ccc4c(c3)sc3ccccc34)cc2)c2ccccc2-c2cccc(-c3cccc4ccccc34)c2)cc1. The number of benzene rings is 9. The van der Waals surface area contributed by atoms with Gasteiger partial charge in [-0.2, -0.15) is 0 Å². The van der Waals surface area contributed by atoms with Gasteiger partial charge in [0.05, 0.1) is 11.4 Å². The maximum absolute atomic E-state index is 2.43. The zero-order valence-corrected chi connectivity index (χ0v) is 30.4. The maximum Gasteiger partial charge on any atom is 0.0540 e. The molecular formula is C52H35NS. The van der Waals surface area contributed by atoms with Gasteiger partial charge in [-0.15, -0.1) is 11.3 Å². The number of fused-ring (bicyclic) bond motifs is 4. The summed E-state index contributed by atoms with van der Waals surface area (Å²) in [5.74, 6) is 0. The zero-order valence-electron chi connectivity index (χ0n) is 29.6. The Bertz CT molecular complexity index is 2930. The lowest BCUT2D eigenvalue weighted by Gasteiger charge is -2.30. The highest BCUT2D eigenvalue weighted by molar-refractivity contribution is 7.25. The Morgan fingerprint density at radius 2 is 0.833 bits per heavy atom. The van der Waals surface area contributed by atoms with Crippen LogP contribution in [0.1, 0.15) is 0 Å². The molecule has 0 fully saturated rings. The second-order valence-corrected chi connectivity index (χ2v) is 14.8. The predicted molar refractivity (Wildman–Crippen MR) is 233 cm³/mol. The molecule has 0 radical (unpaired) electrons. The minimum absolute atomic E-state index is 1.10. The summed E-state index contributed by atoms with van der Waals surface area (Å²) in [5, 5.41) is 5.15. The van der Waals surface area contributed by atoms with E-state index in [1.165, 1.54) is 75.5 Å². The first-order valence-electron chi connectivity index (χ1n) is 18.4. The van der Waals surface area contributed by atoms with Gasteiger partial charge < -0.3 is 4.90 Å². The van der Waals surface area contributed by atoms with E-state index in [1.54, 1.807) is 0 Å². The van der Waals surface area contributed by atoms with Crippen molar-refractivity contribution < 1.29 is 0 Å². The van der Waals surface area contributed by atoms with Crippen molar-refractivity contribution in [2.24, 2.45) is 0 Å². The molecular weight excluding hydrogens is 671 g/mol. The number of nitrogens with zero attached hydrogens (tertiary/aromatic N) is 1. The van der Waals surface area contributed by atoms with Gasteiger partial charge in [0.25, 0.3) is 0 Å². The number of para-hydroxylation sites is 2. The molecule has 0 saturated heterocycles. The Morgan fingerprint density at radius 3 is 1.63 bits per heavy atom. The molecule has 0 saturated carbocycles. The lowest BCUT2D eigenvalue weighted by Crippen LogP contribution is -2.12. The van der Waals surface area contributed by atoms with Crippen molar-refractivity contribution in [1.29, 1.82) is 0 Å². The van der Waals surface area contributed by atoms with Crippen molar-refractivity contribution in [1.82, 2.24) is 0 Å². The Labute approximate surface area is 319 Å². The van der Waals surface area contributed by atoms with E-state index in [4.69, 9.17) is 0 Å². The molecule has 254 valence electrons. The van der Waals surface area contributed by atoms with Crippen molar-refractivity contribution in [2.45, 2.75) is 0 Å². The molecule has 2 heteroatoms. The van der Waals surface area contributed by atoms with Gasteiger partial charge in [-0.05, 0) is 86.6 Å². The van der Waals surface area contributed by atoms with E-state index in [2.05, 4.69) is 217 Å². The monoisotopic (exact) mass is 705 g/mol. The quantitative estimate of drug-likeness (QED) is 0.160. The number of anilines is 3. The molecule has 0 spiro atoms. The summed E-state index contributed by atoms with van der Waals surface area (Å²) in [6, 6.07) is 77.2. The predicted octanol–water partition coefficient (Wildman–Crippen LogP) is 15.3. The lowest BCUT2D eigenvalue weighted by atomic mass is 9.94. The van der Waals surface area contributed by atoms with Crippen LogP contribution in [0, 0.1) is 0 Å². The molecule has 54 heavy (non-hydrogen) atoms. The number of hydrogen-bond donors (Lipinski definition) is 0. The highest BCUT2D eigenvalue weighted by atomic mass is 32.1. The third-order valence-corrected chi connectivity index (χ3v) is 11.6. The summed E-state index contributed by atoms with van der Waals surface area (Å²) in [4.78, 5) is 2.43. The highest BCUT2D eigenvalue weighted by Gasteiger charge is 2.21. The molecule has 0 amide bonds. The summed E-state index contributed by atoms with van der Waals surface area (Å²) in [6.07, 6.45) is 0. The number of hydrogen-bond acceptors (Lipinski definition) is 2. The molecule has 0 unspecified atom stereocenters. The summed E-state index contributed by atoms with van der Waals surface area (Å²) < 4.78 is 2.64. The fraction of sp³-hybridized carbons (Fsp3) is 0. The van der Waals surface area contributed by atoms with Crippen molar-refractivity contribution in [2.75, 3.05) is 4.90 Å². The van der Waals surface area contributed by atoms with E-state index in [0.717, 1.165) is 17.1 Å². The largest absolute Gasteiger partial charge is 0.309 e. The molecule has 0 aliphatic heterocycles. The van der Waals surface area contributed by atoms with E-state index < -0.39 is 0 Å². The van der Waals surface area contributed by atoms with Gasteiger partial charge in [-0.3, -0.25) is 0 Å². The molecule has 1 aromatic heterocycles. The van der Waals surface area contributed by atoms with Crippen LogP contribution in [0.25, 0.3) is 75.5 Å². The first-order valence-corrected chi connectivity index (χ1v) is 19.2. The Balaban J connectivity index is 1.12. The van der Waals surface area contributed by atoms with Crippen LogP contribution in [-0.4, -0.2) is 0 Å². The Hall–Kier alpha value is -6.74. The minimum Gasteiger partial charge on any atom is -0.309 e. The molecule has 0 atom stereocenters. The molecule has 0 bridgehead atoms. The zero-order chi connectivity index (χ0) is 35.8. The topological polar surface area (TPSA) is 3.24 Å². The van der Waals surface area contributed by atoms with Crippen LogP contribution in [0.3, 0.4) is 0 Å². The van der Waals surface area contributed by atoms with E-state index in [1.807, 2.05) is 11.3 Å². The molecule has 1 heterocycles. The fourth-order valence-electron chi connectivity index (χ4n) is 7.89. The van der Waals surface area contributed by atoms with E-state index in [-0.39, 0.29) is 0 Å². The summed E-state index contributed by atoms with van der Waals surface area (Å²) >= 11 is 1.86. The van der Waals surface area contributed by atoms with Crippen LogP contribution in [0.15, 0.2) is 212 Å². The first kappa shape index (κ1) is 32.0. The lowest BCUT2D eigenvalue weighted by molar-refractivity contribution is 1.28. The van der Waals surface area contributed by atoms with Crippen molar-refractivity contribution in [3.63, 3.8) is 0 Å². The normalized spacial score (nSPS) is 11.3. The van der Waals surface area contributed by atoms with Crippen molar-refractivity contribution >= 4 is 59.3 Å². The first-order chi connectivity index (χ1) is 26.8. The van der Waals surface area contributed by atoms with Gasteiger partial charge in [0.2, 0.25) is 0 Å². The smallest absolute Gasteiger partial charge is 0.0540 e. The van der Waals surface area contributed by atoms with E-state index >= 15 is 0 Å². The van der Waals surface area contributed by atoms with Crippen LogP contribution in [0.2, 0.25) is 0 Å². The van der Waals surface area contributed by atoms with E-state index in [0.29, 0.717) is 0 Å². The summed E-state index contributed by atoms with van der Waals surface area (Å²) in [6.45, 7) is 0. The molecule has 0 aliphatic rings. The molecule has 9 aromatic carbocycles. The van der Waals surface area contributed by atoms with Gasteiger partial charge in [0.1, 0.15) is 0 Å². The number of rotatable bonds is 7. The number of thiophene rings is 1. The third kappa shape index (κ3) is 5.74. The highest BCUT2D eigenvalue weighted by Crippen LogP contribution is 2.46. The summed E-state index contributed by atoms with van der Waals surface area (Å²) in [7, 11) is 0. The summed E-state index contributed by atoms with van der Waals surface area (Å²) in [5.41, 5.74) is 12.9. The van der Waals surface area contributed by atoms with Crippen LogP contribution < -0.4 is 4.90 Å². The van der Waals surface area contributed by atoms with E-state index in [9.17, 15) is 0 Å². The standard InChI is InChI=1S/C52H35NS/c1-2-14-38(15-3-1)45-21-6-9-25-49(45)53(42-31-28-36(29-32-42)39-30-33-48-47-23-8-11-27-51(47)54-52(48)35-39)50-26-10-7-22-46(50)41-19-12-18-40(34-41)44-24-13-17-37-16-4-5-20-43(37)44/h1-35H. The van der Waals surface area contributed by atoms with Crippen LogP contribution in [0.5, 0.6) is 0 Å². The Kier molecular flexibility index (Phi) is 8.09. The Morgan fingerprint density at radius 1 is 0.296 bits per heavy atom. The molecule has 1 nitrogen and oxygen atoms in total. The average molecular weight is 706 g/mol. The van der Waals surface area contributed by atoms with Crippen LogP contribution in [-0.2, 0) is 0 Å². The van der Waals surface area contributed by atoms with Crippen LogP contribution in [0.4, 0.5) is 17.1 Å². The van der Waals surface area contributed by atoms with Crippen molar-refractivity contribution in [3.8, 4) is 44.5 Å².